The highest BCUT2D eigenvalue weighted by Crippen LogP contribution is 2.37. The minimum absolute atomic E-state index is 0.0980. The Hall–Kier alpha value is -1.62. The standard InChI is InChI=1S/C24H34N4O4S2/c1-18-5-4-10-27(16-18)34(30,31)20-8-9-22-21(15-20)25-24(28(22)19-6-2-3-7-19)33-17-23(29)26-11-13-32-14-12-26/h8-9,15,18-19H,2-7,10-14,16-17H2,1H3/t18-/m1/s1. The second-order valence-corrected chi connectivity index (χ2v) is 12.6. The number of fused-ring (bicyclic) bond motifs is 1. The Balaban J connectivity index is 1.43. The lowest BCUT2D eigenvalue weighted by Gasteiger charge is -2.30. The van der Waals surface area contributed by atoms with Gasteiger partial charge in [0, 0.05) is 32.2 Å². The molecule has 1 aromatic heterocycles. The second-order valence-electron chi connectivity index (χ2n) is 9.75. The number of amides is 1. The number of imidazole rings is 1. The van der Waals surface area contributed by atoms with Crippen LogP contribution in [-0.2, 0) is 19.6 Å². The van der Waals surface area contributed by atoms with Gasteiger partial charge in [-0.3, -0.25) is 4.79 Å². The molecule has 0 unspecified atom stereocenters. The van der Waals surface area contributed by atoms with Gasteiger partial charge in [0.1, 0.15) is 0 Å². The lowest BCUT2D eigenvalue weighted by Crippen LogP contribution is -2.41. The van der Waals surface area contributed by atoms with Crippen molar-refractivity contribution in [2.24, 2.45) is 5.92 Å². The zero-order valence-electron chi connectivity index (χ0n) is 19.8. The number of aromatic nitrogens is 2. The molecule has 186 valence electrons. The molecule has 1 aromatic carbocycles. The van der Waals surface area contributed by atoms with Crippen LogP contribution in [0.3, 0.4) is 0 Å². The highest BCUT2D eigenvalue weighted by atomic mass is 32.2. The molecule has 3 heterocycles. The van der Waals surface area contributed by atoms with Crippen molar-refractivity contribution in [1.29, 1.82) is 0 Å². The zero-order valence-corrected chi connectivity index (χ0v) is 21.5. The van der Waals surface area contributed by atoms with E-state index >= 15 is 0 Å². The minimum atomic E-state index is -3.54. The summed E-state index contributed by atoms with van der Waals surface area (Å²) in [7, 11) is -3.54. The number of sulfonamides is 1. The number of rotatable bonds is 6. The van der Waals surface area contributed by atoms with Crippen molar-refractivity contribution in [3.8, 4) is 0 Å². The van der Waals surface area contributed by atoms with Crippen LogP contribution in [0.4, 0.5) is 0 Å². The van der Waals surface area contributed by atoms with Crippen LogP contribution in [0.1, 0.15) is 51.5 Å². The van der Waals surface area contributed by atoms with E-state index in [4.69, 9.17) is 9.72 Å². The topological polar surface area (TPSA) is 84.7 Å². The molecule has 2 saturated heterocycles. The molecule has 3 aliphatic rings. The summed E-state index contributed by atoms with van der Waals surface area (Å²) in [5.74, 6) is 0.800. The summed E-state index contributed by atoms with van der Waals surface area (Å²) >= 11 is 1.46. The maximum atomic E-state index is 13.3. The Labute approximate surface area is 206 Å². The first-order chi connectivity index (χ1) is 16.4. The van der Waals surface area contributed by atoms with E-state index in [1.165, 1.54) is 24.6 Å². The molecule has 0 radical (unpaired) electrons. The number of nitrogens with zero attached hydrogens (tertiary/aromatic N) is 4. The number of thioether (sulfide) groups is 1. The van der Waals surface area contributed by atoms with Gasteiger partial charge in [0.15, 0.2) is 5.16 Å². The van der Waals surface area contributed by atoms with Crippen molar-refractivity contribution in [3.05, 3.63) is 18.2 Å². The van der Waals surface area contributed by atoms with Crippen LogP contribution in [0, 0.1) is 5.92 Å². The molecule has 3 fully saturated rings. The maximum Gasteiger partial charge on any atom is 0.243 e. The van der Waals surface area contributed by atoms with Crippen molar-refractivity contribution in [2.75, 3.05) is 45.1 Å². The lowest BCUT2D eigenvalue weighted by molar-refractivity contribution is -0.132. The Morgan fingerprint density at radius 2 is 1.88 bits per heavy atom. The van der Waals surface area contributed by atoms with Crippen molar-refractivity contribution in [2.45, 2.75) is 61.5 Å². The Kier molecular flexibility index (Phi) is 7.20. The third kappa shape index (κ3) is 4.87. The van der Waals surface area contributed by atoms with Crippen molar-refractivity contribution < 1.29 is 17.9 Å². The summed E-state index contributed by atoms with van der Waals surface area (Å²) in [4.78, 5) is 19.8. The van der Waals surface area contributed by atoms with Crippen molar-refractivity contribution in [3.63, 3.8) is 0 Å². The molecule has 0 bridgehead atoms. The van der Waals surface area contributed by atoms with E-state index in [-0.39, 0.29) is 5.91 Å². The number of ether oxygens (including phenoxy) is 1. The number of carbonyl (C=O) groups excluding carboxylic acids is 1. The number of morpholine rings is 1. The largest absolute Gasteiger partial charge is 0.378 e. The molecule has 8 nitrogen and oxygen atoms in total. The van der Waals surface area contributed by atoms with Gasteiger partial charge < -0.3 is 14.2 Å². The number of piperidine rings is 1. The molecule has 0 spiro atoms. The van der Waals surface area contributed by atoms with E-state index in [2.05, 4.69) is 11.5 Å². The van der Waals surface area contributed by atoms with Gasteiger partial charge in [-0.2, -0.15) is 4.31 Å². The zero-order chi connectivity index (χ0) is 23.7. The Morgan fingerprint density at radius 3 is 2.62 bits per heavy atom. The van der Waals surface area contributed by atoms with E-state index in [9.17, 15) is 13.2 Å². The number of hydrogen-bond acceptors (Lipinski definition) is 6. The SMILES string of the molecule is C[C@@H]1CCCN(S(=O)(=O)c2ccc3c(c2)nc(SCC(=O)N2CCOCC2)n3C2CCCC2)C1. The van der Waals surface area contributed by atoms with E-state index in [0.29, 0.717) is 67.5 Å². The third-order valence-corrected chi connectivity index (χ3v) is 10.1. The normalized spacial score (nSPS) is 23.1. The highest BCUT2D eigenvalue weighted by Gasteiger charge is 2.30. The van der Waals surface area contributed by atoms with Gasteiger partial charge in [-0.15, -0.1) is 0 Å². The highest BCUT2D eigenvalue weighted by molar-refractivity contribution is 7.99. The maximum absolute atomic E-state index is 13.3. The summed E-state index contributed by atoms with van der Waals surface area (Å²) in [5, 5.41) is 0.810. The number of hydrogen-bond donors (Lipinski definition) is 0. The molecule has 1 saturated carbocycles. The summed E-state index contributed by atoms with van der Waals surface area (Å²) in [6.45, 7) is 5.70. The Bertz CT molecular complexity index is 1140. The van der Waals surface area contributed by atoms with Crippen LogP contribution in [-0.4, -0.2) is 78.2 Å². The summed E-state index contributed by atoms with van der Waals surface area (Å²) < 4.78 is 35.9. The van der Waals surface area contributed by atoms with Gasteiger partial charge in [0.05, 0.1) is 34.9 Å². The number of carbonyl (C=O) groups is 1. The average Bonchev–Trinajstić information content (AvgIpc) is 3.50. The molecule has 0 N–H and O–H groups in total. The van der Waals surface area contributed by atoms with Gasteiger partial charge in [-0.05, 0) is 49.8 Å². The van der Waals surface area contributed by atoms with Gasteiger partial charge in [0.2, 0.25) is 15.9 Å². The fourth-order valence-electron chi connectivity index (χ4n) is 5.38. The molecular formula is C24H34N4O4S2. The quantitative estimate of drug-likeness (QED) is 0.558. The predicted octanol–water partition coefficient (Wildman–Crippen LogP) is 3.52. The van der Waals surface area contributed by atoms with Crippen molar-refractivity contribution >= 4 is 38.7 Å². The molecule has 5 rings (SSSR count). The van der Waals surface area contributed by atoms with Crippen LogP contribution >= 0.6 is 11.8 Å². The molecule has 1 aliphatic carbocycles. The minimum Gasteiger partial charge on any atom is -0.378 e. The van der Waals surface area contributed by atoms with E-state index in [1.54, 1.807) is 16.4 Å². The average molecular weight is 507 g/mol. The molecular weight excluding hydrogens is 472 g/mol. The van der Waals surface area contributed by atoms with Crippen molar-refractivity contribution in [1.82, 2.24) is 18.8 Å². The first-order valence-corrected chi connectivity index (χ1v) is 14.9. The summed E-state index contributed by atoms with van der Waals surface area (Å²) in [6, 6.07) is 5.71. The monoisotopic (exact) mass is 506 g/mol. The molecule has 10 heteroatoms. The molecule has 1 atom stereocenters. The first kappa shape index (κ1) is 24.1. The second kappa shape index (κ2) is 10.2. The van der Waals surface area contributed by atoms with Gasteiger partial charge in [-0.1, -0.05) is 31.5 Å². The van der Waals surface area contributed by atoms with Crippen LogP contribution < -0.4 is 0 Å². The van der Waals surface area contributed by atoms with Crippen LogP contribution in [0.25, 0.3) is 11.0 Å². The van der Waals surface area contributed by atoms with Crippen LogP contribution in [0.2, 0.25) is 0 Å². The molecule has 34 heavy (non-hydrogen) atoms. The van der Waals surface area contributed by atoms with E-state index in [0.717, 1.165) is 36.4 Å². The van der Waals surface area contributed by atoms with Gasteiger partial charge in [-0.25, -0.2) is 13.4 Å². The third-order valence-electron chi connectivity index (χ3n) is 7.26. The molecule has 2 aromatic rings. The number of benzene rings is 1. The first-order valence-electron chi connectivity index (χ1n) is 12.4. The van der Waals surface area contributed by atoms with Crippen LogP contribution in [0.15, 0.2) is 28.3 Å². The molecule has 2 aliphatic heterocycles. The van der Waals surface area contributed by atoms with Gasteiger partial charge in [0.25, 0.3) is 0 Å². The Morgan fingerprint density at radius 1 is 1.12 bits per heavy atom. The van der Waals surface area contributed by atoms with E-state index < -0.39 is 10.0 Å². The van der Waals surface area contributed by atoms with Gasteiger partial charge >= 0.3 is 0 Å². The fourth-order valence-corrected chi connectivity index (χ4v) is 7.98. The fraction of sp³-hybridized carbons (Fsp3) is 0.667. The predicted molar refractivity (Wildman–Crippen MR) is 133 cm³/mol. The molecule has 1 amide bonds. The van der Waals surface area contributed by atoms with Crippen LogP contribution in [0.5, 0.6) is 0 Å². The smallest absolute Gasteiger partial charge is 0.243 e. The summed E-state index contributed by atoms with van der Waals surface area (Å²) in [5.41, 5.74) is 1.65. The van der Waals surface area contributed by atoms with E-state index in [1.807, 2.05) is 11.0 Å². The lowest BCUT2D eigenvalue weighted by atomic mass is 10.0. The summed E-state index contributed by atoms with van der Waals surface area (Å²) in [6.07, 6.45) is 6.50.